The minimum absolute atomic E-state index is 0.461. The molecule has 1 heterocycles. The lowest BCUT2D eigenvalue weighted by atomic mass is 10.0. The van der Waals surface area contributed by atoms with Gasteiger partial charge < -0.3 is 10.5 Å². The first-order valence-corrected chi connectivity index (χ1v) is 5.70. The van der Waals surface area contributed by atoms with Crippen LogP contribution in [0.25, 0.3) is 11.3 Å². The predicted molar refractivity (Wildman–Crippen MR) is 67.8 cm³/mol. The molecule has 0 aliphatic carbocycles. The average molecular weight is 231 g/mol. The average Bonchev–Trinajstić information content (AvgIpc) is 2.86. The van der Waals surface area contributed by atoms with E-state index in [1.165, 1.54) is 5.56 Å². The molecule has 1 aromatic carbocycles. The number of aromatic amines is 1. The summed E-state index contributed by atoms with van der Waals surface area (Å²) in [6.45, 7) is 2.59. The molecule has 0 spiro atoms. The molecule has 0 saturated heterocycles. The van der Waals surface area contributed by atoms with Crippen LogP contribution in [0.15, 0.2) is 24.3 Å². The van der Waals surface area contributed by atoms with Crippen molar-refractivity contribution in [3.05, 3.63) is 35.5 Å². The highest BCUT2D eigenvalue weighted by atomic mass is 16.5. The van der Waals surface area contributed by atoms with Crippen LogP contribution in [-0.4, -0.2) is 17.3 Å². The van der Waals surface area contributed by atoms with Gasteiger partial charge in [0.05, 0.1) is 12.8 Å². The number of hydrogen-bond acceptors (Lipinski definition) is 3. The Bertz CT molecular complexity index is 505. The maximum atomic E-state index is 5.57. The lowest BCUT2D eigenvalue weighted by Crippen LogP contribution is -1.95. The Morgan fingerprint density at radius 3 is 2.76 bits per heavy atom. The van der Waals surface area contributed by atoms with Crippen LogP contribution < -0.4 is 10.5 Å². The van der Waals surface area contributed by atoms with Crippen molar-refractivity contribution in [2.45, 2.75) is 19.9 Å². The Labute approximate surface area is 101 Å². The first-order chi connectivity index (χ1) is 8.28. The quantitative estimate of drug-likeness (QED) is 0.847. The second-order valence-electron chi connectivity index (χ2n) is 3.87. The van der Waals surface area contributed by atoms with Crippen LogP contribution >= 0.6 is 0 Å². The molecule has 90 valence electrons. The number of ether oxygens (including phenoxy) is 1. The van der Waals surface area contributed by atoms with Crippen LogP contribution in [0.3, 0.4) is 0 Å². The molecule has 0 amide bonds. The third-order valence-electron chi connectivity index (χ3n) is 2.80. The van der Waals surface area contributed by atoms with Crippen LogP contribution in [-0.2, 0) is 13.0 Å². The number of nitrogens with one attached hydrogen (secondary N) is 1. The number of aryl methyl sites for hydroxylation is 1. The minimum atomic E-state index is 0.461. The second kappa shape index (κ2) is 5.01. The molecular formula is C13H17N3O. The number of nitrogens with zero attached hydrogens (tertiary/aromatic N) is 1. The lowest BCUT2D eigenvalue weighted by molar-refractivity contribution is 0.416. The number of H-pyrrole nitrogens is 1. The van der Waals surface area contributed by atoms with Crippen LogP contribution in [0, 0.1) is 0 Å². The van der Waals surface area contributed by atoms with Crippen molar-refractivity contribution in [2.75, 3.05) is 7.11 Å². The summed E-state index contributed by atoms with van der Waals surface area (Å²) in [4.78, 5) is 0. The van der Waals surface area contributed by atoms with Crippen molar-refractivity contribution in [3.63, 3.8) is 0 Å². The van der Waals surface area contributed by atoms with E-state index >= 15 is 0 Å². The number of nitrogens with two attached hydrogens (primary N) is 1. The van der Waals surface area contributed by atoms with Gasteiger partial charge in [0.25, 0.3) is 0 Å². The molecule has 0 fully saturated rings. The van der Waals surface area contributed by atoms with E-state index in [-0.39, 0.29) is 0 Å². The summed E-state index contributed by atoms with van der Waals surface area (Å²) >= 11 is 0. The number of methoxy groups -OCH3 is 1. The fraction of sp³-hybridized carbons (Fsp3) is 0.308. The Balaban J connectivity index is 2.47. The van der Waals surface area contributed by atoms with Gasteiger partial charge in [0.1, 0.15) is 5.75 Å². The molecule has 0 bridgehead atoms. The molecule has 0 atom stereocenters. The van der Waals surface area contributed by atoms with E-state index < -0.39 is 0 Å². The Hall–Kier alpha value is -1.81. The smallest absolute Gasteiger partial charge is 0.128 e. The molecule has 2 rings (SSSR count). The molecule has 0 unspecified atom stereocenters. The molecule has 4 heteroatoms. The highest BCUT2D eigenvalue weighted by molar-refractivity contribution is 5.68. The van der Waals surface area contributed by atoms with Gasteiger partial charge in [0, 0.05) is 17.8 Å². The van der Waals surface area contributed by atoms with Crippen molar-refractivity contribution in [1.82, 2.24) is 10.2 Å². The third-order valence-corrected chi connectivity index (χ3v) is 2.80. The fourth-order valence-electron chi connectivity index (χ4n) is 1.78. The predicted octanol–water partition coefficient (Wildman–Crippen LogP) is 2.11. The summed E-state index contributed by atoms with van der Waals surface area (Å²) in [7, 11) is 1.67. The van der Waals surface area contributed by atoms with Gasteiger partial charge >= 0.3 is 0 Å². The van der Waals surface area contributed by atoms with E-state index in [9.17, 15) is 0 Å². The van der Waals surface area contributed by atoms with Crippen LogP contribution in [0.2, 0.25) is 0 Å². The van der Waals surface area contributed by atoms with E-state index in [2.05, 4.69) is 29.3 Å². The highest BCUT2D eigenvalue weighted by Crippen LogP contribution is 2.30. The Morgan fingerprint density at radius 1 is 1.35 bits per heavy atom. The van der Waals surface area contributed by atoms with Crippen molar-refractivity contribution in [2.24, 2.45) is 5.73 Å². The Kier molecular flexibility index (Phi) is 3.44. The second-order valence-corrected chi connectivity index (χ2v) is 3.87. The minimum Gasteiger partial charge on any atom is -0.496 e. The van der Waals surface area contributed by atoms with E-state index in [1.54, 1.807) is 7.11 Å². The maximum absolute atomic E-state index is 5.57. The topological polar surface area (TPSA) is 63.9 Å². The molecule has 0 aliphatic rings. The zero-order chi connectivity index (χ0) is 12.3. The van der Waals surface area contributed by atoms with E-state index in [0.717, 1.165) is 29.1 Å². The van der Waals surface area contributed by atoms with Gasteiger partial charge in [-0.15, -0.1) is 0 Å². The summed E-state index contributed by atoms with van der Waals surface area (Å²) in [6.07, 6.45) is 0.991. The van der Waals surface area contributed by atoms with Gasteiger partial charge in [0.2, 0.25) is 0 Å². The monoisotopic (exact) mass is 231 g/mol. The molecule has 17 heavy (non-hydrogen) atoms. The van der Waals surface area contributed by atoms with Crippen LogP contribution in [0.4, 0.5) is 0 Å². The van der Waals surface area contributed by atoms with Gasteiger partial charge in [0.15, 0.2) is 0 Å². The SMILES string of the molecule is CCc1ccc(OC)c(-c2cc(CN)[nH]n2)c1. The van der Waals surface area contributed by atoms with Crippen molar-refractivity contribution in [1.29, 1.82) is 0 Å². The zero-order valence-corrected chi connectivity index (χ0v) is 10.2. The molecular weight excluding hydrogens is 214 g/mol. The molecule has 4 nitrogen and oxygen atoms in total. The van der Waals surface area contributed by atoms with Crippen molar-refractivity contribution in [3.8, 4) is 17.0 Å². The number of rotatable bonds is 4. The largest absolute Gasteiger partial charge is 0.496 e. The van der Waals surface area contributed by atoms with E-state index in [4.69, 9.17) is 10.5 Å². The van der Waals surface area contributed by atoms with Gasteiger partial charge in [-0.25, -0.2) is 0 Å². The first kappa shape index (κ1) is 11.7. The molecule has 1 aromatic heterocycles. The van der Waals surface area contributed by atoms with Crippen molar-refractivity contribution < 1.29 is 4.74 Å². The molecule has 2 aromatic rings. The van der Waals surface area contributed by atoms with E-state index in [1.807, 2.05) is 12.1 Å². The summed E-state index contributed by atoms with van der Waals surface area (Å²) < 4.78 is 5.36. The zero-order valence-electron chi connectivity index (χ0n) is 10.2. The summed E-state index contributed by atoms with van der Waals surface area (Å²) in [5.74, 6) is 0.831. The standard InChI is InChI=1S/C13H17N3O/c1-3-9-4-5-13(17-2)11(6-9)12-7-10(8-14)15-16-12/h4-7H,3,8,14H2,1-2H3,(H,15,16). The summed E-state index contributed by atoms with van der Waals surface area (Å²) in [5.41, 5.74) is 9.62. The first-order valence-electron chi connectivity index (χ1n) is 5.70. The molecule has 0 aliphatic heterocycles. The van der Waals surface area contributed by atoms with Gasteiger partial charge in [-0.3, -0.25) is 5.10 Å². The number of benzene rings is 1. The fourth-order valence-corrected chi connectivity index (χ4v) is 1.78. The van der Waals surface area contributed by atoms with Gasteiger partial charge in [-0.05, 0) is 30.2 Å². The summed E-state index contributed by atoms with van der Waals surface area (Å²) in [5, 5.41) is 7.17. The Morgan fingerprint density at radius 2 is 2.18 bits per heavy atom. The molecule has 0 radical (unpaired) electrons. The van der Waals surface area contributed by atoms with Gasteiger partial charge in [-0.2, -0.15) is 5.10 Å². The number of hydrogen-bond donors (Lipinski definition) is 2. The van der Waals surface area contributed by atoms with Crippen LogP contribution in [0.5, 0.6) is 5.75 Å². The summed E-state index contributed by atoms with van der Waals surface area (Å²) in [6, 6.07) is 8.11. The van der Waals surface area contributed by atoms with E-state index in [0.29, 0.717) is 6.54 Å². The third kappa shape index (κ3) is 2.31. The molecule has 3 N–H and O–H groups in total. The van der Waals surface area contributed by atoms with Crippen LogP contribution in [0.1, 0.15) is 18.2 Å². The highest BCUT2D eigenvalue weighted by Gasteiger charge is 2.10. The number of aromatic nitrogens is 2. The van der Waals surface area contributed by atoms with Crippen molar-refractivity contribution >= 4 is 0 Å². The lowest BCUT2D eigenvalue weighted by Gasteiger charge is -2.07. The maximum Gasteiger partial charge on any atom is 0.128 e. The molecule has 0 saturated carbocycles. The normalized spacial score (nSPS) is 10.5. The van der Waals surface area contributed by atoms with Gasteiger partial charge in [-0.1, -0.05) is 13.0 Å².